The number of hydrogen-bond donors (Lipinski definition) is 0. The van der Waals surface area contributed by atoms with Crippen LogP contribution in [0.1, 0.15) is 169 Å². The Kier molecular flexibility index (Phi) is 23.3. The first kappa shape index (κ1) is 28.0. The Bertz CT molecular complexity index is 243. The zero-order valence-electron chi connectivity index (χ0n) is 20.7. The summed E-state index contributed by atoms with van der Waals surface area (Å²) in [4.78, 5) is 0. The molecule has 170 valence electrons. The molecule has 0 radical (unpaired) electrons. The van der Waals surface area contributed by atoms with Gasteiger partial charge in [0.15, 0.2) is 0 Å². The molecule has 0 fully saturated rings. The lowest BCUT2D eigenvalue weighted by atomic mass is 9.85. The van der Waals surface area contributed by atoms with Crippen LogP contribution in [-0.4, -0.2) is 0 Å². The van der Waals surface area contributed by atoms with Gasteiger partial charge in [0.1, 0.15) is 0 Å². The van der Waals surface area contributed by atoms with Crippen molar-refractivity contribution in [2.45, 2.75) is 169 Å². The van der Waals surface area contributed by atoms with Crippen molar-refractivity contribution in [2.75, 3.05) is 0 Å². The molecule has 0 bridgehead atoms. The molecule has 0 saturated carbocycles. The summed E-state index contributed by atoms with van der Waals surface area (Å²) in [6, 6.07) is 0. The van der Waals surface area contributed by atoms with Gasteiger partial charge in [-0.25, -0.2) is 0 Å². The quantitative estimate of drug-likeness (QED) is 0.151. The van der Waals surface area contributed by atoms with E-state index in [-0.39, 0.29) is 0 Å². The molecule has 0 heteroatoms. The van der Waals surface area contributed by atoms with Gasteiger partial charge in [-0.3, -0.25) is 0 Å². The second-order valence-corrected chi connectivity index (χ2v) is 9.95. The highest BCUT2D eigenvalue weighted by Gasteiger charge is 2.12. The van der Waals surface area contributed by atoms with Crippen LogP contribution in [0.3, 0.4) is 0 Å². The van der Waals surface area contributed by atoms with Gasteiger partial charge in [-0.15, -0.1) is 0 Å². The highest BCUT2D eigenvalue weighted by atomic mass is 14.2. The molecule has 0 aromatic rings. The van der Waals surface area contributed by atoms with Gasteiger partial charge in [0.05, 0.1) is 0 Å². The summed E-state index contributed by atoms with van der Waals surface area (Å²) in [5.41, 5.74) is 0. The van der Waals surface area contributed by atoms with Crippen molar-refractivity contribution in [3.63, 3.8) is 0 Å². The summed E-state index contributed by atoms with van der Waals surface area (Å²) in [6.45, 7) is 9.52. The first-order valence-corrected chi connectivity index (χ1v) is 13.7. The van der Waals surface area contributed by atoms with E-state index in [1.54, 1.807) is 0 Å². The van der Waals surface area contributed by atoms with E-state index in [2.05, 4.69) is 27.7 Å². The van der Waals surface area contributed by atoms with Crippen molar-refractivity contribution in [1.29, 1.82) is 0 Å². The summed E-state index contributed by atoms with van der Waals surface area (Å²) in [5.74, 6) is 1.88. The number of unbranched alkanes of at least 4 members (excludes halogenated alkanes) is 18. The Morgan fingerprint density at radius 2 is 0.607 bits per heavy atom. The van der Waals surface area contributed by atoms with Crippen molar-refractivity contribution in [3.8, 4) is 0 Å². The lowest BCUT2D eigenvalue weighted by molar-refractivity contribution is 0.312. The predicted molar refractivity (Wildman–Crippen MR) is 131 cm³/mol. The molecular weight excluding hydrogens is 336 g/mol. The number of rotatable bonds is 23. The molecular formula is C28H58. The molecule has 0 aromatic carbocycles. The van der Waals surface area contributed by atoms with E-state index >= 15 is 0 Å². The van der Waals surface area contributed by atoms with E-state index < -0.39 is 0 Å². The van der Waals surface area contributed by atoms with Gasteiger partial charge in [0.25, 0.3) is 0 Å². The summed E-state index contributed by atoms with van der Waals surface area (Å²) in [5, 5.41) is 0. The average molecular weight is 395 g/mol. The Hall–Kier alpha value is 0. The average Bonchev–Trinajstić information content (AvgIpc) is 2.68. The SMILES string of the molecule is CCCCCCCCCCCCC(CCCCCCCCCCCC)C(C)C. The van der Waals surface area contributed by atoms with Gasteiger partial charge < -0.3 is 0 Å². The molecule has 0 spiro atoms. The van der Waals surface area contributed by atoms with E-state index in [0.29, 0.717) is 0 Å². The van der Waals surface area contributed by atoms with E-state index in [4.69, 9.17) is 0 Å². The van der Waals surface area contributed by atoms with Crippen LogP contribution in [0.2, 0.25) is 0 Å². The zero-order chi connectivity index (χ0) is 20.7. The van der Waals surface area contributed by atoms with Crippen molar-refractivity contribution >= 4 is 0 Å². The predicted octanol–water partition coefficient (Wildman–Crippen LogP) is 10.9. The minimum atomic E-state index is 0.886. The molecule has 0 aliphatic heterocycles. The van der Waals surface area contributed by atoms with Gasteiger partial charge in [0, 0.05) is 0 Å². The fourth-order valence-electron chi connectivity index (χ4n) is 4.60. The van der Waals surface area contributed by atoms with Crippen molar-refractivity contribution in [2.24, 2.45) is 11.8 Å². The van der Waals surface area contributed by atoms with Gasteiger partial charge in [0.2, 0.25) is 0 Å². The topological polar surface area (TPSA) is 0 Å². The van der Waals surface area contributed by atoms with Crippen LogP contribution in [0, 0.1) is 11.8 Å². The van der Waals surface area contributed by atoms with Crippen LogP contribution in [0.5, 0.6) is 0 Å². The third-order valence-electron chi connectivity index (χ3n) is 6.80. The highest BCUT2D eigenvalue weighted by Crippen LogP contribution is 2.25. The largest absolute Gasteiger partial charge is 0.0654 e. The Labute approximate surface area is 181 Å². The fourth-order valence-corrected chi connectivity index (χ4v) is 4.60. The smallest absolute Gasteiger partial charge is 0.0391 e. The van der Waals surface area contributed by atoms with Gasteiger partial charge in [-0.05, 0) is 11.8 Å². The lowest BCUT2D eigenvalue weighted by Gasteiger charge is -2.20. The lowest BCUT2D eigenvalue weighted by Crippen LogP contribution is -2.08. The molecule has 0 saturated heterocycles. The molecule has 0 unspecified atom stereocenters. The molecule has 0 nitrogen and oxygen atoms in total. The zero-order valence-corrected chi connectivity index (χ0v) is 20.7. The van der Waals surface area contributed by atoms with Crippen LogP contribution < -0.4 is 0 Å². The van der Waals surface area contributed by atoms with Gasteiger partial charge in [-0.1, -0.05) is 169 Å². The second kappa shape index (κ2) is 23.3. The summed E-state index contributed by atoms with van der Waals surface area (Å²) < 4.78 is 0. The summed E-state index contributed by atoms with van der Waals surface area (Å²) >= 11 is 0. The first-order chi connectivity index (χ1) is 13.7. The molecule has 0 rings (SSSR count). The Morgan fingerprint density at radius 3 is 0.857 bits per heavy atom. The fraction of sp³-hybridized carbons (Fsp3) is 1.00. The molecule has 28 heavy (non-hydrogen) atoms. The second-order valence-electron chi connectivity index (χ2n) is 9.95. The van der Waals surface area contributed by atoms with Crippen LogP contribution >= 0.6 is 0 Å². The van der Waals surface area contributed by atoms with Crippen molar-refractivity contribution < 1.29 is 0 Å². The molecule has 0 amide bonds. The molecule has 0 N–H and O–H groups in total. The van der Waals surface area contributed by atoms with Crippen molar-refractivity contribution in [3.05, 3.63) is 0 Å². The van der Waals surface area contributed by atoms with Gasteiger partial charge >= 0.3 is 0 Å². The minimum absolute atomic E-state index is 0.886. The van der Waals surface area contributed by atoms with Crippen LogP contribution in [0.4, 0.5) is 0 Å². The maximum Gasteiger partial charge on any atom is -0.0391 e. The monoisotopic (exact) mass is 394 g/mol. The van der Waals surface area contributed by atoms with E-state index in [1.165, 1.54) is 141 Å². The van der Waals surface area contributed by atoms with Crippen LogP contribution in [0.15, 0.2) is 0 Å². The Balaban J connectivity index is 3.44. The normalized spacial score (nSPS) is 11.8. The molecule has 0 aromatic heterocycles. The molecule has 0 atom stereocenters. The van der Waals surface area contributed by atoms with E-state index in [0.717, 1.165) is 11.8 Å². The molecule has 0 heterocycles. The molecule has 0 aliphatic rings. The third kappa shape index (κ3) is 20.7. The van der Waals surface area contributed by atoms with Gasteiger partial charge in [-0.2, -0.15) is 0 Å². The Morgan fingerprint density at radius 1 is 0.357 bits per heavy atom. The third-order valence-corrected chi connectivity index (χ3v) is 6.80. The first-order valence-electron chi connectivity index (χ1n) is 13.7. The molecule has 0 aliphatic carbocycles. The van der Waals surface area contributed by atoms with Crippen molar-refractivity contribution in [1.82, 2.24) is 0 Å². The van der Waals surface area contributed by atoms with E-state index in [1.807, 2.05) is 0 Å². The van der Waals surface area contributed by atoms with E-state index in [9.17, 15) is 0 Å². The highest BCUT2D eigenvalue weighted by molar-refractivity contribution is 4.64. The summed E-state index contributed by atoms with van der Waals surface area (Å²) in [6.07, 6.45) is 32.3. The summed E-state index contributed by atoms with van der Waals surface area (Å²) in [7, 11) is 0. The number of hydrogen-bond acceptors (Lipinski definition) is 0. The minimum Gasteiger partial charge on any atom is -0.0654 e. The maximum atomic E-state index is 2.46. The maximum absolute atomic E-state index is 2.46. The van der Waals surface area contributed by atoms with Crippen LogP contribution in [0.25, 0.3) is 0 Å². The van der Waals surface area contributed by atoms with Crippen LogP contribution in [-0.2, 0) is 0 Å². The standard InChI is InChI=1S/C28H58/c1-5-7-9-11-13-15-17-19-21-23-25-28(27(3)4)26-24-22-20-18-16-14-12-10-8-6-2/h27-28H,5-26H2,1-4H3.